The number of anilines is 1. The van der Waals surface area contributed by atoms with Crippen LogP contribution in [0.2, 0.25) is 15.1 Å². The van der Waals surface area contributed by atoms with Gasteiger partial charge in [0.1, 0.15) is 0 Å². The Morgan fingerprint density at radius 2 is 1.83 bits per heavy atom. The molecule has 1 unspecified atom stereocenters. The fourth-order valence-electron chi connectivity index (χ4n) is 2.61. The molecule has 152 valence electrons. The molecule has 1 aromatic carbocycles. The predicted octanol–water partition coefficient (Wildman–Crippen LogP) is 5.83. The summed E-state index contributed by atoms with van der Waals surface area (Å²) in [5.41, 5.74) is 1.26. The van der Waals surface area contributed by atoms with E-state index in [-0.39, 0.29) is 16.0 Å². The summed E-state index contributed by atoms with van der Waals surface area (Å²) < 4.78 is 2.01. The lowest BCUT2D eigenvalue weighted by molar-refractivity contribution is -0.115. The second kappa shape index (κ2) is 9.80. The van der Waals surface area contributed by atoms with E-state index in [0.717, 1.165) is 24.4 Å². The Hall–Kier alpha value is -1.80. The third kappa shape index (κ3) is 5.22. The third-order valence-electron chi connectivity index (χ3n) is 4.01. The van der Waals surface area contributed by atoms with Crippen molar-refractivity contribution in [2.24, 2.45) is 0 Å². The van der Waals surface area contributed by atoms with Crippen LogP contribution in [0.1, 0.15) is 20.3 Å². The number of pyridine rings is 1. The molecule has 10 heteroatoms. The fourth-order valence-corrected chi connectivity index (χ4v) is 4.40. The van der Waals surface area contributed by atoms with Crippen LogP contribution in [0.3, 0.4) is 0 Å². The second-order valence-electron chi connectivity index (χ2n) is 6.19. The van der Waals surface area contributed by atoms with Crippen LogP contribution in [0, 0.1) is 0 Å². The average molecular weight is 471 g/mol. The molecule has 2 aromatic heterocycles. The van der Waals surface area contributed by atoms with Gasteiger partial charge in [0, 0.05) is 29.5 Å². The SMILES string of the molecule is CCCn1c(SC(C)C(=O)Nc2c(Cl)cc(Cl)cc2Cl)nnc1-c1ccncc1. The van der Waals surface area contributed by atoms with Gasteiger partial charge in [-0.05, 0) is 37.6 Å². The van der Waals surface area contributed by atoms with Gasteiger partial charge >= 0.3 is 0 Å². The number of hydrogen-bond donors (Lipinski definition) is 1. The highest BCUT2D eigenvalue weighted by Gasteiger charge is 2.22. The summed E-state index contributed by atoms with van der Waals surface area (Å²) in [6, 6.07) is 6.82. The Kier molecular flexibility index (Phi) is 7.40. The van der Waals surface area contributed by atoms with Crippen molar-refractivity contribution in [1.82, 2.24) is 19.7 Å². The highest BCUT2D eigenvalue weighted by atomic mass is 35.5. The minimum atomic E-state index is -0.456. The average Bonchev–Trinajstić information content (AvgIpc) is 3.07. The molecule has 0 saturated carbocycles. The Morgan fingerprint density at radius 1 is 1.17 bits per heavy atom. The van der Waals surface area contributed by atoms with E-state index in [9.17, 15) is 4.79 Å². The molecule has 1 N–H and O–H groups in total. The van der Waals surface area contributed by atoms with Crippen molar-refractivity contribution in [3.8, 4) is 11.4 Å². The molecule has 0 spiro atoms. The molecule has 6 nitrogen and oxygen atoms in total. The van der Waals surface area contributed by atoms with Crippen LogP contribution in [-0.2, 0) is 11.3 Å². The summed E-state index contributed by atoms with van der Waals surface area (Å²) in [5, 5.41) is 12.5. The lowest BCUT2D eigenvalue weighted by Crippen LogP contribution is -2.23. The Morgan fingerprint density at radius 3 is 2.45 bits per heavy atom. The van der Waals surface area contributed by atoms with Gasteiger partial charge in [0.2, 0.25) is 5.91 Å². The van der Waals surface area contributed by atoms with Crippen molar-refractivity contribution >= 4 is 58.2 Å². The molecule has 0 bridgehead atoms. The second-order valence-corrected chi connectivity index (χ2v) is 8.75. The standard InChI is InChI=1S/C19H18Cl3N5OS/c1-3-8-27-17(12-4-6-23-7-5-12)25-26-19(27)29-11(2)18(28)24-16-14(21)9-13(20)10-15(16)22/h4-7,9-11H,3,8H2,1-2H3,(H,24,28). The summed E-state index contributed by atoms with van der Waals surface area (Å²) in [6.07, 6.45) is 4.33. The first kappa shape index (κ1) is 21.9. The minimum absolute atomic E-state index is 0.252. The fraction of sp³-hybridized carbons (Fsp3) is 0.263. The predicted molar refractivity (Wildman–Crippen MR) is 119 cm³/mol. The number of carbonyl (C=O) groups excluding carboxylic acids is 1. The molecule has 1 amide bonds. The molecule has 29 heavy (non-hydrogen) atoms. The van der Waals surface area contributed by atoms with E-state index >= 15 is 0 Å². The van der Waals surface area contributed by atoms with Crippen LogP contribution in [0.5, 0.6) is 0 Å². The molecule has 3 rings (SSSR count). The highest BCUT2D eigenvalue weighted by molar-refractivity contribution is 8.00. The van der Waals surface area contributed by atoms with Gasteiger partial charge in [0.15, 0.2) is 11.0 Å². The normalized spacial score (nSPS) is 12.0. The van der Waals surface area contributed by atoms with Crippen molar-refractivity contribution in [2.75, 3.05) is 5.32 Å². The lowest BCUT2D eigenvalue weighted by Gasteiger charge is -2.15. The van der Waals surface area contributed by atoms with Crippen molar-refractivity contribution in [1.29, 1.82) is 0 Å². The summed E-state index contributed by atoms with van der Waals surface area (Å²) in [7, 11) is 0. The van der Waals surface area contributed by atoms with Crippen molar-refractivity contribution in [3.63, 3.8) is 0 Å². The number of rotatable bonds is 7. The summed E-state index contributed by atoms with van der Waals surface area (Å²) in [6.45, 7) is 4.59. The maximum atomic E-state index is 12.7. The van der Waals surface area contributed by atoms with Crippen LogP contribution in [-0.4, -0.2) is 30.9 Å². The van der Waals surface area contributed by atoms with E-state index < -0.39 is 5.25 Å². The molecular formula is C19H18Cl3N5OS. The maximum absolute atomic E-state index is 12.7. The molecule has 2 heterocycles. The quantitative estimate of drug-likeness (QED) is 0.440. The van der Waals surface area contributed by atoms with E-state index in [1.165, 1.54) is 23.9 Å². The number of benzene rings is 1. The molecule has 0 saturated heterocycles. The molecule has 1 atom stereocenters. The molecule has 0 aliphatic heterocycles. The van der Waals surface area contributed by atoms with Gasteiger partial charge in [-0.1, -0.05) is 53.5 Å². The van der Waals surface area contributed by atoms with Gasteiger partial charge in [-0.2, -0.15) is 0 Å². The van der Waals surface area contributed by atoms with Gasteiger partial charge in [0.25, 0.3) is 0 Å². The first-order valence-corrected chi connectivity index (χ1v) is 10.9. The van der Waals surface area contributed by atoms with Gasteiger partial charge < -0.3 is 9.88 Å². The molecule has 3 aromatic rings. The highest BCUT2D eigenvalue weighted by Crippen LogP contribution is 2.34. The first-order valence-electron chi connectivity index (χ1n) is 8.86. The molecule has 0 radical (unpaired) electrons. The zero-order valence-corrected chi connectivity index (χ0v) is 18.8. The number of amides is 1. The van der Waals surface area contributed by atoms with Crippen molar-refractivity contribution in [3.05, 3.63) is 51.7 Å². The summed E-state index contributed by atoms with van der Waals surface area (Å²) >= 11 is 19.6. The number of halogens is 3. The summed E-state index contributed by atoms with van der Waals surface area (Å²) in [5.74, 6) is 0.491. The Bertz CT molecular complexity index is 989. The first-order chi connectivity index (χ1) is 13.9. The molecule has 0 fully saturated rings. The van der Waals surface area contributed by atoms with Gasteiger partial charge in [-0.25, -0.2) is 0 Å². The Labute approximate surface area is 188 Å². The van der Waals surface area contributed by atoms with E-state index in [1.807, 2.05) is 16.7 Å². The number of thioether (sulfide) groups is 1. The van der Waals surface area contributed by atoms with Crippen LogP contribution < -0.4 is 5.32 Å². The van der Waals surface area contributed by atoms with E-state index in [1.54, 1.807) is 19.3 Å². The number of aromatic nitrogens is 4. The maximum Gasteiger partial charge on any atom is 0.237 e. The minimum Gasteiger partial charge on any atom is -0.323 e. The Balaban J connectivity index is 1.79. The topological polar surface area (TPSA) is 72.7 Å². The number of carbonyl (C=O) groups is 1. The monoisotopic (exact) mass is 469 g/mol. The lowest BCUT2D eigenvalue weighted by atomic mass is 10.2. The zero-order valence-electron chi connectivity index (χ0n) is 15.7. The van der Waals surface area contributed by atoms with Gasteiger partial charge in [-0.3, -0.25) is 9.78 Å². The largest absolute Gasteiger partial charge is 0.323 e. The van der Waals surface area contributed by atoms with Crippen LogP contribution in [0.25, 0.3) is 11.4 Å². The molecular weight excluding hydrogens is 453 g/mol. The van der Waals surface area contributed by atoms with Gasteiger partial charge in [-0.15, -0.1) is 10.2 Å². The van der Waals surface area contributed by atoms with Crippen molar-refractivity contribution in [2.45, 2.75) is 37.2 Å². The third-order valence-corrected chi connectivity index (χ3v) is 5.90. The van der Waals surface area contributed by atoms with Crippen LogP contribution in [0.15, 0.2) is 41.8 Å². The van der Waals surface area contributed by atoms with Gasteiger partial charge in [0.05, 0.1) is 21.0 Å². The van der Waals surface area contributed by atoms with E-state index in [0.29, 0.717) is 15.9 Å². The molecule has 0 aliphatic carbocycles. The molecule has 0 aliphatic rings. The summed E-state index contributed by atoms with van der Waals surface area (Å²) in [4.78, 5) is 16.7. The van der Waals surface area contributed by atoms with Crippen molar-refractivity contribution < 1.29 is 4.79 Å². The number of nitrogens with one attached hydrogen (secondary N) is 1. The van der Waals surface area contributed by atoms with Crippen LogP contribution in [0.4, 0.5) is 5.69 Å². The van der Waals surface area contributed by atoms with Crippen LogP contribution >= 0.6 is 46.6 Å². The van der Waals surface area contributed by atoms with E-state index in [2.05, 4.69) is 27.4 Å². The van der Waals surface area contributed by atoms with E-state index in [4.69, 9.17) is 34.8 Å². The smallest absolute Gasteiger partial charge is 0.237 e. The number of nitrogens with zero attached hydrogens (tertiary/aromatic N) is 4. The number of hydrogen-bond acceptors (Lipinski definition) is 5. The zero-order chi connectivity index (χ0) is 21.0.